The molecule has 8 heteroatoms. The molecule has 1 spiro atoms. The van der Waals surface area contributed by atoms with E-state index in [1.165, 1.54) is 0 Å². The first-order valence-corrected chi connectivity index (χ1v) is 9.86. The summed E-state index contributed by atoms with van der Waals surface area (Å²) < 4.78 is 8.41. The number of ether oxygens (including phenoxy) is 1. The number of nitrogens with zero attached hydrogens (tertiary/aromatic N) is 2. The molecule has 2 amide bonds. The van der Waals surface area contributed by atoms with Crippen LogP contribution in [0, 0.1) is 5.41 Å². The van der Waals surface area contributed by atoms with E-state index in [9.17, 15) is 9.59 Å². The fraction of sp³-hybridized carbons (Fsp3) is 0.550. The first-order valence-electron chi connectivity index (χ1n) is 9.86. The molecule has 1 aliphatic carbocycles. The minimum absolute atomic E-state index is 0.0689. The number of pyridine rings is 1. The van der Waals surface area contributed by atoms with Crippen molar-refractivity contribution >= 4 is 17.5 Å². The Morgan fingerprint density at radius 2 is 2.07 bits per heavy atom. The molecule has 5 heterocycles. The summed E-state index contributed by atoms with van der Waals surface area (Å²) in [5.41, 5.74) is 0.0478. The Hall–Kier alpha value is -2.45. The molecule has 0 radical (unpaired) electrons. The summed E-state index contributed by atoms with van der Waals surface area (Å²) in [7, 11) is 1.69. The third-order valence-electron chi connectivity index (χ3n) is 6.83. The first-order chi connectivity index (χ1) is 13.5. The second kappa shape index (κ2) is 6.02. The maximum absolute atomic E-state index is 12.7. The van der Waals surface area contributed by atoms with Crippen molar-refractivity contribution in [3.05, 3.63) is 36.3 Å². The van der Waals surface area contributed by atoms with Crippen molar-refractivity contribution in [1.82, 2.24) is 25.3 Å². The number of carbonyl (C=O) groups is 2. The summed E-state index contributed by atoms with van der Waals surface area (Å²) in [6.07, 6.45) is 8.28. The minimum Gasteiger partial charge on any atom is -0.365 e. The van der Waals surface area contributed by atoms with Crippen LogP contribution in [-0.2, 0) is 9.53 Å². The van der Waals surface area contributed by atoms with Crippen LogP contribution in [0.4, 0.5) is 0 Å². The number of nitrogens with one attached hydrogen (secondary N) is 3. The molecule has 0 aromatic carbocycles. The van der Waals surface area contributed by atoms with Crippen molar-refractivity contribution in [2.45, 2.75) is 36.9 Å². The quantitative estimate of drug-likeness (QED) is 0.714. The van der Waals surface area contributed by atoms with Gasteiger partial charge in [0.25, 0.3) is 5.91 Å². The molecule has 8 nitrogen and oxygen atoms in total. The Labute approximate surface area is 163 Å². The molecule has 2 bridgehead atoms. The van der Waals surface area contributed by atoms with Crippen LogP contribution in [0.5, 0.6) is 0 Å². The predicted molar refractivity (Wildman–Crippen MR) is 102 cm³/mol. The van der Waals surface area contributed by atoms with Crippen LogP contribution in [0.1, 0.15) is 36.0 Å². The molecule has 6 rings (SSSR count). The lowest BCUT2D eigenvalue weighted by Crippen LogP contribution is -2.61. The van der Waals surface area contributed by atoms with Gasteiger partial charge in [0.2, 0.25) is 5.91 Å². The molecular formula is C20H25N5O3. The summed E-state index contributed by atoms with van der Waals surface area (Å²) in [6.45, 7) is 2.12. The minimum atomic E-state index is -0.468. The largest absolute Gasteiger partial charge is 0.365 e. The van der Waals surface area contributed by atoms with E-state index in [1.807, 2.05) is 16.7 Å². The van der Waals surface area contributed by atoms with Crippen LogP contribution in [0.2, 0.25) is 0 Å². The molecule has 4 fully saturated rings. The number of hydrogen-bond acceptors (Lipinski definition) is 5. The maximum Gasteiger partial charge on any atom is 0.252 e. The lowest BCUT2D eigenvalue weighted by atomic mass is 9.53. The number of piperidine rings is 1. The van der Waals surface area contributed by atoms with Crippen molar-refractivity contribution in [3.8, 4) is 0 Å². The van der Waals surface area contributed by atoms with Crippen LogP contribution in [-0.4, -0.2) is 59.1 Å². The van der Waals surface area contributed by atoms with E-state index in [1.54, 1.807) is 25.5 Å². The maximum atomic E-state index is 12.7. The van der Waals surface area contributed by atoms with Crippen molar-refractivity contribution in [2.75, 3.05) is 26.7 Å². The number of amides is 2. The van der Waals surface area contributed by atoms with Gasteiger partial charge in [0.1, 0.15) is 5.65 Å². The average Bonchev–Trinajstić information content (AvgIpc) is 3.33. The molecule has 2 aromatic heterocycles. The molecular weight excluding hydrogens is 358 g/mol. The van der Waals surface area contributed by atoms with E-state index < -0.39 is 16.6 Å². The van der Waals surface area contributed by atoms with Crippen molar-refractivity contribution in [2.24, 2.45) is 5.41 Å². The van der Waals surface area contributed by atoms with Gasteiger partial charge >= 0.3 is 0 Å². The Kier molecular flexibility index (Phi) is 3.79. The first kappa shape index (κ1) is 17.6. The molecule has 148 valence electrons. The fourth-order valence-corrected chi connectivity index (χ4v) is 5.53. The van der Waals surface area contributed by atoms with Gasteiger partial charge in [-0.25, -0.2) is 4.98 Å². The molecule has 4 aliphatic rings. The highest BCUT2D eigenvalue weighted by atomic mass is 16.5. The van der Waals surface area contributed by atoms with Crippen LogP contribution in [0.25, 0.3) is 5.65 Å². The SMILES string of the molecule is CNC(=O)C12CC(CNC(=O)c3ccc4nccn4c3)(C1)OC21CCNCC1. The molecule has 3 saturated heterocycles. The summed E-state index contributed by atoms with van der Waals surface area (Å²) in [4.78, 5) is 29.6. The van der Waals surface area contributed by atoms with Gasteiger partial charge < -0.3 is 25.1 Å². The van der Waals surface area contributed by atoms with Crippen LogP contribution >= 0.6 is 0 Å². The highest BCUT2D eigenvalue weighted by Gasteiger charge is 2.77. The van der Waals surface area contributed by atoms with E-state index in [0.29, 0.717) is 24.9 Å². The smallest absolute Gasteiger partial charge is 0.252 e. The molecule has 28 heavy (non-hydrogen) atoms. The van der Waals surface area contributed by atoms with Crippen molar-refractivity contribution < 1.29 is 14.3 Å². The lowest BCUT2D eigenvalue weighted by molar-refractivity contribution is -0.140. The van der Waals surface area contributed by atoms with Gasteiger partial charge in [0, 0.05) is 32.2 Å². The van der Waals surface area contributed by atoms with Gasteiger partial charge in [-0.05, 0) is 50.9 Å². The second-order valence-electron chi connectivity index (χ2n) is 8.34. The number of carbonyl (C=O) groups excluding carboxylic acids is 2. The van der Waals surface area contributed by atoms with Crippen LogP contribution < -0.4 is 16.0 Å². The topological polar surface area (TPSA) is 96.8 Å². The fourth-order valence-electron chi connectivity index (χ4n) is 5.53. The van der Waals surface area contributed by atoms with Gasteiger partial charge in [0.05, 0.1) is 22.2 Å². The highest BCUT2D eigenvalue weighted by molar-refractivity contribution is 5.94. The zero-order valence-corrected chi connectivity index (χ0v) is 16.0. The number of rotatable bonds is 4. The van der Waals surface area contributed by atoms with Gasteiger partial charge in [-0.3, -0.25) is 9.59 Å². The highest BCUT2D eigenvalue weighted by Crippen LogP contribution is 2.68. The molecule has 0 atom stereocenters. The Bertz CT molecular complexity index is 940. The van der Waals surface area contributed by atoms with E-state index in [-0.39, 0.29) is 11.8 Å². The zero-order chi connectivity index (χ0) is 19.4. The van der Waals surface area contributed by atoms with Gasteiger partial charge in [-0.2, -0.15) is 0 Å². The number of aromatic nitrogens is 2. The second-order valence-corrected chi connectivity index (χ2v) is 8.34. The number of fused-ring (bicyclic) bond motifs is 1. The Morgan fingerprint density at radius 1 is 1.29 bits per heavy atom. The van der Waals surface area contributed by atoms with Gasteiger partial charge in [-0.15, -0.1) is 0 Å². The lowest BCUT2D eigenvalue weighted by Gasteiger charge is -2.47. The molecule has 3 aliphatic heterocycles. The predicted octanol–water partition coefficient (Wildman–Crippen LogP) is 0.482. The Balaban J connectivity index is 1.32. The normalized spacial score (nSPS) is 30.2. The van der Waals surface area contributed by atoms with Crippen molar-refractivity contribution in [1.29, 1.82) is 0 Å². The average molecular weight is 383 g/mol. The Morgan fingerprint density at radius 3 is 2.82 bits per heavy atom. The van der Waals surface area contributed by atoms with Crippen molar-refractivity contribution in [3.63, 3.8) is 0 Å². The molecule has 2 aromatic rings. The third-order valence-corrected chi connectivity index (χ3v) is 6.83. The van der Waals surface area contributed by atoms with E-state index >= 15 is 0 Å². The van der Waals surface area contributed by atoms with E-state index in [4.69, 9.17) is 4.74 Å². The van der Waals surface area contributed by atoms with Crippen LogP contribution in [0.15, 0.2) is 30.7 Å². The van der Waals surface area contributed by atoms with E-state index in [2.05, 4.69) is 20.9 Å². The standard InChI is InChI=1S/C20H25N5O3/c1-21-17(27)19-11-18(12-19,28-20(19)4-6-22-7-5-20)13-24-16(26)14-2-3-15-23-8-9-25(15)10-14/h2-3,8-10,22H,4-7,11-13H2,1H3,(H,21,27)(H,24,26). The monoisotopic (exact) mass is 383 g/mol. The summed E-state index contributed by atoms with van der Waals surface area (Å²) >= 11 is 0. The number of hydrogen-bond donors (Lipinski definition) is 3. The number of imidazole rings is 1. The summed E-state index contributed by atoms with van der Waals surface area (Å²) in [5.74, 6) is -0.0725. The third kappa shape index (κ3) is 2.34. The molecule has 1 saturated carbocycles. The van der Waals surface area contributed by atoms with Crippen LogP contribution in [0.3, 0.4) is 0 Å². The molecule has 0 unspecified atom stereocenters. The summed E-state index contributed by atoms with van der Waals surface area (Å²) in [6, 6.07) is 3.60. The molecule has 3 N–H and O–H groups in total. The van der Waals surface area contributed by atoms with E-state index in [0.717, 1.165) is 31.6 Å². The summed E-state index contributed by atoms with van der Waals surface area (Å²) in [5, 5.41) is 9.23. The van der Waals surface area contributed by atoms with Gasteiger partial charge in [-0.1, -0.05) is 0 Å². The zero-order valence-electron chi connectivity index (χ0n) is 16.0. The van der Waals surface area contributed by atoms with Gasteiger partial charge in [0.15, 0.2) is 0 Å².